The van der Waals surface area contributed by atoms with E-state index in [0.29, 0.717) is 12.5 Å². The maximum absolute atomic E-state index is 11.9. The first-order valence-corrected chi connectivity index (χ1v) is 8.27. The standard InChI is InChI=1S/C15H18N4O2S/c20-14-7-13(17-10-18-14)19-4-1-11(2-5-19)8-16-15(21)12-3-6-22-9-12/h3,6-7,9-11H,1-2,4-5,8H2,(H,16,21)(H,17,18,20). The van der Waals surface area contributed by atoms with Crippen molar-refractivity contribution in [2.45, 2.75) is 12.8 Å². The van der Waals surface area contributed by atoms with Crippen molar-refractivity contribution >= 4 is 23.1 Å². The van der Waals surface area contributed by atoms with Gasteiger partial charge in [-0.1, -0.05) is 0 Å². The summed E-state index contributed by atoms with van der Waals surface area (Å²) in [5.41, 5.74) is 0.602. The van der Waals surface area contributed by atoms with Crippen LogP contribution in [0.3, 0.4) is 0 Å². The van der Waals surface area contributed by atoms with Crippen LogP contribution in [-0.4, -0.2) is 35.5 Å². The number of piperidine rings is 1. The van der Waals surface area contributed by atoms with E-state index >= 15 is 0 Å². The zero-order valence-corrected chi connectivity index (χ0v) is 12.9. The molecule has 3 rings (SSSR count). The molecule has 0 spiro atoms. The highest BCUT2D eigenvalue weighted by Gasteiger charge is 2.21. The van der Waals surface area contributed by atoms with E-state index in [1.165, 1.54) is 23.7 Å². The Kier molecular flexibility index (Phi) is 4.53. The van der Waals surface area contributed by atoms with E-state index in [9.17, 15) is 9.59 Å². The Morgan fingerprint density at radius 3 is 2.95 bits per heavy atom. The minimum absolute atomic E-state index is 0.0000560. The van der Waals surface area contributed by atoms with E-state index in [0.717, 1.165) is 37.3 Å². The molecule has 2 N–H and O–H groups in total. The predicted molar refractivity (Wildman–Crippen MR) is 86.4 cm³/mol. The van der Waals surface area contributed by atoms with Gasteiger partial charge in [0.15, 0.2) is 0 Å². The van der Waals surface area contributed by atoms with Crippen LogP contribution in [0.5, 0.6) is 0 Å². The molecule has 0 aromatic carbocycles. The van der Waals surface area contributed by atoms with Crippen molar-refractivity contribution in [3.05, 3.63) is 45.1 Å². The Morgan fingerprint density at radius 1 is 1.45 bits per heavy atom. The van der Waals surface area contributed by atoms with Crippen molar-refractivity contribution in [2.24, 2.45) is 5.92 Å². The summed E-state index contributed by atoms with van der Waals surface area (Å²) in [6.07, 6.45) is 3.40. The van der Waals surface area contributed by atoms with Gasteiger partial charge in [0.1, 0.15) is 5.82 Å². The lowest BCUT2D eigenvalue weighted by Gasteiger charge is -2.32. The molecular weight excluding hydrogens is 300 g/mol. The van der Waals surface area contributed by atoms with Gasteiger partial charge in [-0.3, -0.25) is 9.59 Å². The van der Waals surface area contributed by atoms with Crippen molar-refractivity contribution in [3.8, 4) is 0 Å². The van der Waals surface area contributed by atoms with Crippen LogP contribution in [0.25, 0.3) is 0 Å². The highest BCUT2D eigenvalue weighted by molar-refractivity contribution is 7.08. The van der Waals surface area contributed by atoms with Crippen LogP contribution in [0, 0.1) is 5.92 Å². The first-order chi connectivity index (χ1) is 10.7. The van der Waals surface area contributed by atoms with Crippen molar-refractivity contribution in [1.82, 2.24) is 15.3 Å². The molecule has 1 aliphatic rings. The smallest absolute Gasteiger partial charge is 0.252 e. The highest BCUT2D eigenvalue weighted by Crippen LogP contribution is 2.20. The molecule has 1 saturated heterocycles. The van der Waals surface area contributed by atoms with Gasteiger partial charge in [-0.25, -0.2) is 4.98 Å². The van der Waals surface area contributed by atoms with Crippen molar-refractivity contribution in [2.75, 3.05) is 24.5 Å². The Labute approximate surface area is 132 Å². The number of carbonyl (C=O) groups is 1. The number of amides is 1. The zero-order valence-electron chi connectivity index (χ0n) is 12.1. The summed E-state index contributed by atoms with van der Waals surface area (Å²) in [6.45, 7) is 2.41. The Hall–Kier alpha value is -2.15. The second-order valence-corrected chi connectivity index (χ2v) is 6.20. The molecule has 2 aromatic heterocycles. The molecule has 1 amide bonds. The normalized spacial score (nSPS) is 15.7. The number of thiophene rings is 1. The van der Waals surface area contributed by atoms with E-state index in [1.807, 2.05) is 16.8 Å². The van der Waals surface area contributed by atoms with Crippen LogP contribution >= 0.6 is 11.3 Å². The monoisotopic (exact) mass is 318 g/mol. The molecule has 6 nitrogen and oxygen atoms in total. The van der Waals surface area contributed by atoms with Crippen molar-refractivity contribution in [3.63, 3.8) is 0 Å². The quantitative estimate of drug-likeness (QED) is 0.895. The fourth-order valence-electron chi connectivity index (χ4n) is 2.63. The molecular formula is C15H18N4O2S. The first kappa shape index (κ1) is 14.8. The molecule has 0 atom stereocenters. The summed E-state index contributed by atoms with van der Waals surface area (Å²) < 4.78 is 0. The summed E-state index contributed by atoms with van der Waals surface area (Å²) in [7, 11) is 0. The molecule has 2 aromatic rings. The van der Waals surface area contributed by atoms with Crippen LogP contribution in [-0.2, 0) is 0 Å². The number of hydrogen-bond donors (Lipinski definition) is 2. The van der Waals surface area contributed by atoms with Crippen LogP contribution in [0.4, 0.5) is 5.82 Å². The van der Waals surface area contributed by atoms with Crippen molar-refractivity contribution < 1.29 is 4.79 Å². The Bertz CT molecular complexity index is 675. The summed E-state index contributed by atoms with van der Waals surface area (Å²) in [5.74, 6) is 1.20. The third-order valence-electron chi connectivity index (χ3n) is 3.94. The third kappa shape index (κ3) is 3.54. The first-order valence-electron chi connectivity index (χ1n) is 7.32. The minimum atomic E-state index is -0.129. The van der Waals surface area contributed by atoms with Gasteiger partial charge in [-0.15, -0.1) is 0 Å². The van der Waals surface area contributed by atoms with E-state index in [2.05, 4.69) is 20.2 Å². The maximum atomic E-state index is 11.9. The lowest BCUT2D eigenvalue weighted by atomic mass is 9.96. The van der Waals surface area contributed by atoms with E-state index < -0.39 is 0 Å². The average Bonchev–Trinajstić information content (AvgIpc) is 3.08. The van der Waals surface area contributed by atoms with Gasteiger partial charge >= 0.3 is 0 Å². The molecule has 0 radical (unpaired) electrons. The molecule has 0 aliphatic carbocycles. The zero-order chi connectivity index (χ0) is 15.4. The number of carbonyl (C=O) groups excluding carboxylic acids is 1. The molecule has 7 heteroatoms. The Morgan fingerprint density at radius 2 is 2.27 bits per heavy atom. The molecule has 3 heterocycles. The number of nitrogens with zero attached hydrogens (tertiary/aromatic N) is 2. The minimum Gasteiger partial charge on any atom is -0.356 e. The predicted octanol–water partition coefficient (Wildman–Crippen LogP) is 1.48. The number of nitrogens with one attached hydrogen (secondary N) is 2. The third-order valence-corrected chi connectivity index (χ3v) is 4.62. The molecule has 22 heavy (non-hydrogen) atoms. The summed E-state index contributed by atoms with van der Waals surface area (Å²) in [5, 5.41) is 6.76. The molecule has 1 fully saturated rings. The number of hydrogen-bond acceptors (Lipinski definition) is 5. The maximum Gasteiger partial charge on any atom is 0.252 e. The summed E-state index contributed by atoms with van der Waals surface area (Å²) in [4.78, 5) is 32.1. The molecule has 0 saturated carbocycles. The Balaban J connectivity index is 1.48. The van der Waals surface area contributed by atoms with Gasteiger partial charge in [-0.2, -0.15) is 11.3 Å². The molecule has 116 valence electrons. The lowest BCUT2D eigenvalue weighted by Crippen LogP contribution is -2.39. The average molecular weight is 318 g/mol. The SMILES string of the molecule is O=C(NCC1CCN(c2cc(=O)[nH]cn2)CC1)c1ccsc1. The summed E-state index contributed by atoms with van der Waals surface area (Å²) >= 11 is 1.53. The van der Waals surface area contributed by atoms with Gasteiger partial charge in [0, 0.05) is 36.6 Å². The lowest BCUT2D eigenvalue weighted by molar-refractivity contribution is 0.0945. The van der Waals surface area contributed by atoms with Gasteiger partial charge < -0.3 is 15.2 Å². The molecule has 1 aliphatic heterocycles. The second kappa shape index (κ2) is 6.74. The highest BCUT2D eigenvalue weighted by atomic mass is 32.1. The van der Waals surface area contributed by atoms with Gasteiger partial charge in [0.25, 0.3) is 11.5 Å². The van der Waals surface area contributed by atoms with E-state index in [-0.39, 0.29) is 11.5 Å². The van der Waals surface area contributed by atoms with Crippen LogP contribution in [0.1, 0.15) is 23.2 Å². The number of H-pyrrole nitrogens is 1. The topological polar surface area (TPSA) is 78.1 Å². The largest absolute Gasteiger partial charge is 0.356 e. The number of anilines is 1. The molecule has 0 bridgehead atoms. The van der Waals surface area contributed by atoms with Crippen LogP contribution < -0.4 is 15.8 Å². The number of aromatic nitrogens is 2. The molecule has 0 unspecified atom stereocenters. The van der Waals surface area contributed by atoms with Crippen LogP contribution in [0.2, 0.25) is 0 Å². The van der Waals surface area contributed by atoms with Gasteiger partial charge in [0.2, 0.25) is 0 Å². The van der Waals surface area contributed by atoms with Gasteiger partial charge in [-0.05, 0) is 30.2 Å². The van der Waals surface area contributed by atoms with Crippen molar-refractivity contribution in [1.29, 1.82) is 0 Å². The number of aromatic amines is 1. The second-order valence-electron chi connectivity index (χ2n) is 5.42. The van der Waals surface area contributed by atoms with Gasteiger partial charge in [0.05, 0.1) is 6.33 Å². The van der Waals surface area contributed by atoms with Crippen LogP contribution in [0.15, 0.2) is 34.0 Å². The van der Waals surface area contributed by atoms with E-state index in [1.54, 1.807) is 0 Å². The number of rotatable bonds is 4. The van der Waals surface area contributed by atoms with E-state index in [4.69, 9.17) is 0 Å². The summed E-state index contributed by atoms with van der Waals surface area (Å²) in [6, 6.07) is 3.36. The fraction of sp³-hybridized carbons (Fsp3) is 0.400. The fourth-order valence-corrected chi connectivity index (χ4v) is 3.27.